The van der Waals surface area contributed by atoms with Crippen LogP contribution in [0.15, 0.2) is 23.8 Å². The molecule has 3 heteroatoms. The van der Waals surface area contributed by atoms with Crippen LogP contribution < -0.4 is 5.73 Å². The fraction of sp³-hybridized carbons (Fsp3) is 0.333. The molecule has 1 unspecified atom stereocenters. The minimum atomic E-state index is 0.322. The van der Waals surface area contributed by atoms with Gasteiger partial charge >= 0.3 is 0 Å². The summed E-state index contributed by atoms with van der Waals surface area (Å²) in [7, 11) is 0. The van der Waals surface area contributed by atoms with Gasteiger partial charge in [-0.15, -0.1) is 0 Å². The number of nitrogens with two attached hydrogens (primary N) is 1. The molecule has 2 rings (SSSR count). The van der Waals surface area contributed by atoms with Gasteiger partial charge in [0, 0.05) is 16.1 Å². The highest BCUT2D eigenvalue weighted by molar-refractivity contribution is 6.35. The Morgan fingerprint density at radius 1 is 1.33 bits per heavy atom. The lowest BCUT2D eigenvalue weighted by Crippen LogP contribution is -2.13. The second kappa shape index (κ2) is 4.56. The Bertz CT molecular complexity index is 399. The van der Waals surface area contributed by atoms with Crippen molar-refractivity contribution < 1.29 is 0 Å². The van der Waals surface area contributed by atoms with Gasteiger partial charge in [0.1, 0.15) is 0 Å². The van der Waals surface area contributed by atoms with E-state index in [9.17, 15) is 0 Å². The maximum atomic E-state index is 6.08. The SMILES string of the molecule is NC1CCC(=Cc2ccc(Cl)cc2Cl)C1. The van der Waals surface area contributed by atoms with Crippen LogP contribution in [-0.4, -0.2) is 6.04 Å². The largest absolute Gasteiger partial charge is 0.327 e. The highest BCUT2D eigenvalue weighted by Crippen LogP contribution is 2.29. The normalized spacial score (nSPS) is 23.7. The quantitative estimate of drug-likeness (QED) is 0.794. The Balaban J connectivity index is 2.24. The topological polar surface area (TPSA) is 26.0 Å². The van der Waals surface area contributed by atoms with E-state index < -0.39 is 0 Å². The number of hydrogen-bond donors (Lipinski definition) is 1. The van der Waals surface area contributed by atoms with E-state index in [1.807, 2.05) is 12.1 Å². The molecule has 1 fully saturated rings. The highest BCUT2D eigenvalue weighted by Gasteiger charge is 2.15. The smallest absolute Gasteiger partial charge is 0.0493 e. The predicted molar refractivity (Wildman–Crippen MR) is 66.3 cm³/mol. The Kier molecular flexibility index (Phi) is 3.35. The van der Waals surface area contributed by atoms with Gasteiger partial charge in [-0.25, -0.2) is 0 Å². The Labute approximate surface area is 99.9 Å². The van der Waals surface area contributed by atoms with Crippen molar-refractivity contribution >= 4 is 29.3 Å². The average molecular weight is 242 g/mol. The summed E-state index contributed by atoms with van der Waals surface area (Å²) in [5.74, 6) is 0. The van der Waals surface area contributed by atoms with Crippen molar-refractivity contribution in [2.75, 3.05) is 0 Å². The van der Waals surface area contributed by atoms with Gasteiger partial charge in [0.15, 0.2) is 0 Å². The van der Waals surface area contributed by atoms with Crippen LogP contribution in [0, 0.1) is 0 Å². The van der Waals surface area contributed by atoms with Crippen LogP contribution in [0.4, 0.5) is 0 Å². The summed E-state index contributed by atoms with van der Waals surface area (Å²) in [6, 6.07) is 5.89. The molecule has 0 heterocycles. The van der Waals surface area contributed by atoms with E-state index in [1.165, 1.54) is 5.57 Å². The molecule has 0 spiro atoms. The summed E-state index contributed by atoms with van der Waals surface area (Å²) >= 11 is 11.9. The summed E-state index contributed by atoms with van der Waals surface area (Å²) in [5, 5.41) is 1.38. The average Bonchev–Trinajstić information content (AvgIpc) is 2.56. The van der Waals surface area contributed by atoms with Gasteiger partial charge in [0.05, 0.1) is 0 Å². The van der Waals surface area contributed by atoms with Crippen molar-refractivity contribution in [2.24, 2.45) is 5.73 Å². The van der Waals surface area contributed by atoms with Crippen LogP contribution in [-0.2, 0) is 0 Å². The van der Waals surface area contributed by atoms with Gasteiger partial charge in [-0.05, 0) is 37.0 Å². The van der Waals surface area contributed by atoms with Crippen molar-refractivity contribution in [2.45, 2.75) is 25.3 Å². The Hall–Kier alpha value is -0.500. The van der Waals surface area contributed by atoms with Gasteiger partial charge < -0.3 is 5.73 Å². The fourth-order valence-corrected chi connectivity index (χ4v) is 2.34. The zero-order chi connectivity index (χ0) is 10.8. The van der Waals surface area contributed by atoms with E-state index in [4.69, 9.17) is 28.9 Å². The first-order chi connectivity index (χ1) is 7.15. The highest BCUT2D eigenvalue weighted by atomic mass is 35.5. The molecule has 1 atom stereocenters. The molecule has 0 bridgehead atoms. The Morgan fingerprint density at radius 2 is 2.13 bits per heavy atom. The number of halogens is 2. The van der Waals surface area contributed by atoms with Crippen LogP contribution in [0.3, 0.4) is 0 Å². The van der Waals surface area contributed by atoms with Crippen molar-refractivity contribution in [3.8, 4) is 0 Å². The molecule has 1 saturated carbocycles. The first-order valence-electron chi connectivity index (χ1n) is 5.05. The molecule has 0 amide bonds. The molecular weight excluding hydrogens is 229 g/mol. The molecule has 1 aliphatic rings. The van der Waals surface area contributed by atoms with Crippen LogP contribution in [0.2, 0.25) is 10.0 Å². The van der Waals surface area contributed by atoms with E-state index in [-0.39, 0.29) is 0 Å². The first kappa shape index (κ1) is 11.0. The molecule has 0 radical (unpaired) electrons. The lowest BCUT2D eigenvalue weighted by atomic mass is 10.1. The molecule has 2 N–H and O–H groups in total. The zero-order valence-electron chi connectivity index (χ0n) is 8.34. The second-order valence-corrected chi connectivity index (χ2v) is 4.81. The van der Waals surface area contributed by atoms with Crippen LogP contribution in [0.5, 0.6) is 0 Å². The van der Waals surface area contributed by atoms with E-state index in [0.29, 0.717) is 16.1 Å². The van der Waals surface area contributed by atoms with Crippen molar-refractivity contribution in [3.05, 3.63) is 39.4 Å². The minimum absolute atomic E-state index is 0.322. The van der Waals surface area contributed by atoms with Gasteiger partial charge in [0.2, 0.25) is 0 Å². The maximum absolute atomic E-state index is 6.08. The first-order valence-corrected chi connectivity index (χ1v) is 5.81. The zero-order valence-corrected chi connectivity index (χ0v) is 9.85. The van der Waals surface area contributed by atoms with E-state index in [2.05, 4.69) is 6.08 Å². The standard InChI is InChI=1S/C12H13Cl2N/c13-10-3-2-9(12(14)7-10)5-8-1-4-11(15)6-8/h2-3,5,7,11H,1,4,6,15H2. The number of benzene rings is 1. The van der Waals surface area contributed by atoms with Gasteiger partial charge in [0.25, 0.3) is 0 Å². The van der Waals surface area contributed by atoms with Crippen LogP contribution in [0.25, 0.3) is 6.08 Å². The van der Waals surface area contributed by atoms with Crippen LogP contribution in [0.1, 0.15) is 24.8 Å². The third kappa shape index (κ3) is 2.75. The fourth-order valence-electron chi connectivity index (χ4n) is 1.88. The van der Waals surface area contributed by atoms with Crippen molar-refractivity contribution in [3.63, 3.8) is 0 Å². The van der Waals surface area contributed by atoms with Gasteiger partial charge in [-0.2, -0.15) is 0 Å². The summed E-state index contributed by atoms with van der Waals surface area (Å²) in [6.07, 6.45) is 5.28. The van der Waals surface area contributed by atoms with Crippen molar-refractivity contribution in [1.29, 1.82) is 0 Å². The molecule has 15 heavy (non-hydrogen) atoms. The molecule has 0 aromatic heterocycles. The van der Waals surface area contributed by atoms with E-state index >= 15 is 0 Å². The van der Waals surface area contributed by atoms with E-state index in [1.54, 1.807) is 6.07 Å². The third-order valence-corrected chi connectivity index (χ3v) is 3.25. The minimum Gasteiger partial charge on any atom is -0.327 e. The van der Waals surface area contributed by atoms with Gasteiger partial charge in [-0.1, -0.05) is 40.9 Å². The molecule has 1 nitrogen and oxygen atoms in total. The summed E-state index contributed by atoms with van der Waals surface area (Å²) in [6.45, 7) is 0. The monoisotopic (exact) mass is 241 g/mol. The van der Waals surface area contributed by atoms with Crippen molar-refractivity contribution in [1.82, 2.24) is 0 Å². The summed E-state index contributed by atoms with van der Waals surface area (Å²) in [5.41, 5.74) is 8.26. The number of hydrogen-bond acceptors (Lipinski definition) is 1. The van der Waals surface area contributed by atoms with Crippen LogP contribution >= 0.6 is 23.2 Å². The molecule has 1 aromatic rings. The lowest BCUT2D eigenvalue weighted by Gasteiger charge is -2.01. The summed E-state index contributed by atoms with van der Waals surface area (Å²) < 4.78 is 0. The molecule has 0 saturated heterocycles. The summed E-state index contributed by atoms with van der Waals surface area (Å²) in [4.78, 5) is 0. The Morgan fingerprint density at radius 3 is 2.73 bits per heavy atom. The molecule has 1 aliphatic carbocycles. The lowest BCUT2D eigenvalue weighted by molar-refractivity contribution is 0.711. The van der Waals surface area contributed by atoms with E-state index in [0.717, 1.165) is 24.8 Å². The second-order valence-electron chi connectivity index (χ2n) is 3.97. The molecule has 80 valence electrons. The third-order valence-electron chi connectivity index (χ3n) is 2.68. The van der Waals surface area contributed by atoms with Gasteiger partial charge in [-0.3, -0.25) is 0 Å². The molecule has 0 aliphatic heterocycles. The predicted octanol–water partition coefficient (Wildman–Crippen LogP) is 3.89. The number of rotatable bonds is 1. The molecular formula is C12H13Cl2N. The maximum Gasteiger partial charge on any atom is 0.0493 e. The molecule has 1 aromatic carbocycles.